The predicted octanol–water partition coefficient (Wildman–Crippen LogP) is 2.69. The summed E-state index contributed by atoms with van der Waals surface area (Å²) >= 11 is -0.163. The molecule has 0 unspecified atom stereocenters. The van der Waals surface area contributed by atoms with Gasteiger partial charge in [-0.15, -0.1) is 0 Å². The van der Waals surface area contributed by atoms with Crippen molar-refractivity contribution in [3.63, 3.8) is 0 Å². The van der Waals surface area contributed by atoms with Crippen LogP contribution in [0.4, 0.5) is 4.79 Å². The molecule has 8 nitrogen and oxygen atoms in total. The van der Waals surface area contributed by atoms with Gasteiger partial charge < -0.3 is 0 Å². The predicted molar refractivity (Wildman–Crippen MR) is 131 cm³/mol. The second-order valence-electron chi connectivity index (χ2n) is 9.97. The summed E-state index contributed by atoms with van der Waals surface area (Å²) in [5.74, 6) is -1.66. The van der Waals surface area contributed by atoms with Gasteiger partial charge in [-0.25, -0.2) is 0 Å². The van der Waals surface area contributed by atoms with Crippen molar-refractivity contribution in [2.75, 3.05) is 6.61 Å². The summed E-state index contributed by atoms with van der Waals surface area (Å²) in [5, 5.41) is 12.5. The topological polar surface area (TPSA) is 105 Å². The van der Waals surface area contributed by atoms with Gasteiger partial charge in [0.25, 0.3) is 0 Å². The molecule has 0 aliphatic carbocycles. The van der Waals surface area contributed by atoms with Crippen LogP contribution < -0.4 is 9.78 Å². The fourth-order valence-electron chi connectivity index (χ4n) is 3.70. The van der Waals surface area contributed by atoms with Crippen molar-refractivity contribution in [2.24, 2.45) is 0 Å². The first kappa shape index (κ1) is 27.4. The molecule has 0 aromatic heterocycles. The maximum atomic E-state index is 13.3. The summed E-state index contributed by atoms with van der Waals surface area (Å²) in [4.78, 5) is 39.2. The van der Waals surface area contributed by atoms with E-state index in [1.807, 2.05) is 37.3 Å². The first-order valence-corrected chi connectivity index (χ1v) is 16.7. The Morgan fingerprint density at radius 1 is 1.24 bits per heavy atom. The van der Waals surface area contributed by atoms with Crippen molar-refractivity contribution in [3.05, 3.63) is 30.3 Å². The number of carbonyl (C=O) groups excluding carboxylic acids is 2. The van der Waals surface area contributed by atoms with Crippen LogP contribution in [0.5, 0.6) is 0 Å². The minimum absolute atomic E-state index is 0.163. The van der Waals surface area contributed by atoms with Crippen molar-refractivity contribution >= 4 is 45.5 Å². The fraction of sp³-hybridized carbons (Fsp3) is 0.609. The number of hydrogen-bond acceptors (Lipinski definition) is 5. The molecule has 1 fully saturated rings. The van der Waals surface area contributed by atoms with E-state index in [9.17, 15) is 19.5 Å². The number of carboxylic acids is 1. The van der Waals surface area contributed by atoms with Crippen LogP contribution in [-0.2, 0) is 19.1 Å². The number of aliphatic carboxylic acids is 1. The Balaban J connectivity index is 2.15. The molecule has 33 heavy (non-hydrogen) atoms. The Hall–Kier alpha value is -1.87. The molecule has 0 bridgehead atoms. The number of benzene rings is 1. The van der Waals surface area contributed by atoms with Gasteiger partial charge in [-0.1, -0.05) is 0 Å². The van der Waals surface area contributed by atoms with E-state index in [-0.39, 0.29) is 26.4 Å². The average Bonchev–Trinajstić information content (AvgIpc) is 2.93. The first-order valence-electron chi connectivity index (χ1n) is 11.1. The number of carbonyl (C=O) groups is 3. The molecule has 1 aromatic carbocycles. The zero-order valence-electron chi connectivity index (χ0n) is 20.5. The van der Waals surface area contributed by atoms with E-state index in [4.69, 9.17) is 9.47 Å². The van der Waals surface area contributed by atoms with Crippen LogP contribution in [0.2, 0.25) is 30.5 Å². The molecule has 2 N–H and O–H groups in total. The van der Waals surface area contributed by atoms with Crippen LogP contribution in [-0.4, -0.2) is 81.5 Å². The quantitative estimate of drug-likeness (QED) is 0.464. The second kappa shape index (κ2) is 11.0. The van der Waals surface area contributed by atoms with Gasteiger partial charge in [-0.3, -0.25) is 0 Å². The van der Waals surface area contributed by atoms with Crippen molar-refractivity contribution < 1.29 is 29.0 Å². The molecule has 2 amide bonds. The molecule has 4 atom stereocenters. The molecule has 184 valence electrons. The van der Waals surface area contributed by atoms with Gasteiger partial charge in [0.15, 0.2) is 0 Å². The number of ether oxygens (including phenoxy) is 2. The molecule has 0 spiro atoms. The summed E-state index contributed by atoms with van der Waals surface area (Å²) in [6.45, 7) is 13.8. The second-order valence-corrected chi connectivity index (χ2v) is 18.6. The maximum absolute atomic E-state index is 13.3. The number of nitrogens with zero attached hydrogens (tertiary/aromatic N) is 1. The molecular weight excluding hydrogens is 507 g/mol. The van der Waals surface area contributed by atoms with Crippen LogP contribution in [0.15, 0.2) is 30.3 Å². The van der Waals surface area contributed by atoms with Crippen LogP contribution in [0.3, 0.4) is 0 Å². The summed E-state index contributed by atoms with van der Waals surface area (Å²) < 4.78 is 12.4. The molecule has 10 heteroatoms. The zero-order chi connectivity index (χ0) is 25.0. The van der Waals surface area contributed by atoms with E-state index < -0.39 is 50.0 Å². The Kier molecular flexibility index (Phi) is 9.15. The summed E-state index contributed by atoms with van der Waals surface area (Å²) in [6.07, 6.45) is -1.25. The number of rotatable bonds is 9. The van der Waals surface area contributed by atoms with Gasteiger partial charge in [0.2, 0.25) is 0 Å². The SMILES string of the molecule is C[C@H]([Se]c1ccccc1)[C@H](NC(=O)[C@@H]1[C@@H](C)OC(C)(C)N1C(=O)OCC[Si](C)(C)C)C(=O)O. The van der Waals surface area contributed by atoms with E-state index >= 15 is 0 Å². The van der Waals surface area contributed by atoms with Crippen molar-refractivity contribution in [1.29, 1.82) is 0 Å². The molecule has 1 aliphatic heterocycles. The monoisotopic (exact) mass is 544 g/mol. The molecule has 2 rings (SSSR count). The first-order chi connectivity index (χ1) is 15.2. The Morgan fingerprint density at radius 3 is 2.39 bits per heavy atom. The van der Waals surface area contributed by atoms with E-state index in [2.05, 4.69) is 25.0 Å². The average molecular weight is 544 g/mol. The van der Waals surface area contributed by atoms with E-state index in [0.717, 1.165) is 10.5 Å². The van der Waals surface area contributed by atoms with E-state index in [0.29, 0.717) is 0 Å². The molecule has 1 aromatic rings. The number of nitrogens with one attached hydrogen (secondary N) is 1. The van der Waals surface area contributed by atoms with Crippen LogP contribution >= 0.6 is 0 Å². The van der Waals surface area contributed by atoms with Gasteiger partial charge in [0.1, 0.15) is 0 Å². The Bertz CT molecular complexity index is 845. The standard InChI is InChI=1S/C23H36N2O6SeSi/c1-15-19(25(23(3,4)31-15)22(29)30-13-14-33(5,6)7)20(26)24-18(21(27)28)16(2)32-17-11-9-8-10-12-17/h8-12,15-16,18-19H,13-14H2,1-7H3,(H,24,26)(H,27,28)/t15-,16+,18+,19+/m1/s1. The van der Waals surface area contributed by atoms with Crippen molar-refractivity contribution in [2.45, 2.75) is 82.1 Å². The molecular formula is C23H36N2O6SeSi. The third-order valence-electron chi connectivity index (χ3n) is 5.42. The Labute approximate surface area is 203 Å². The molecule has 0 radical (unpaired) electrons. The molecule has 1 aliphatic rings. The zero-order valence-corrected chi connectivity index (χ0v) is 23.2. The third-order valence-corrected chi connectivity index (χ3v) is 9.62. The van der Waals surface area contributed by atoms with Gasteiger partial charge >= 0.3 is 204 Å². The Morgan fingerprint density at radius 2 is 1.85 bits per heavy atom. The van der Waals surface area contributed by atoms with Gasteiger partial charge in [-0.05, 0) is 0 Å². The summed E-state index contributed by atoms with van der Waals surface area (Å²) in [5.41, 5.74) is -1.06. The van der Waals surface area contributed by atoms with Crippen LogP contribution in [0, 0.1) is 0 Å². The molecule has 1 saturated heterocycles. The van der Waals surface area contributed by atoms with E-state index in [1.165, 1.54) is 4.90 Å². The van der Waals surface area contributed by atoms with Gasteiger partial charge in [-0.2, -0.15) is 0 Å². The normalized spacial score (nSPS) is 21.8. The number of hydrogen-bond donors (Lipinski definition) is 2. The van der Waals surface area contributed by atoms with Crippen LogP contribution in [0.25, 0.3) is 0 Å². The van der Waals surface area contributed by atoms with Crippen molar-refractivity contribution in [1.82, 2.24) is 10.2 Å². The summed E-state index contributed by atoms with van der Waals surface area (Å²) in [7, 11) is -1.40. The van der Waals surface area contributed by atoms with Gasteiger partial charge in [0.05, 0.1) is 0 Å². The fourth-order valence-corrected chi connectivity index (χ4v) is 6.65. The minimum atomic E-state index is -1.40. The molecule has 1 heterocycles. The van der Waals surface area contributed by atoms with E-state index in [1.54, 1.807) is 20.8 Å². The molecule has 0 saturated carbocycles. The number of amides is 2. The van der Waals surface area contributed by atoms with Crippen molar-refractivity contribution in [3.8, 4) is 0 Å². The van der Waals surface area contributed by atoms with Crippen LogP contribution in [0.1, 0.15) is 27.7 Å². The third kappa shape index (κ3) is 7.57. The van der Waals surface area contributed by atoms with Gasteiger partial charge in [0, 0.05) is 0 Å². The number of carboxylic acid groups (broad SMARTS) is 1. The summed E-state index contributed by atoms with van der Waals surface area (Å²) in [6, 6.07) is 8.35.